The largest absolute Gasteiger partial charge is 0.478 e. The van der Waals surface area contributed by atoms with Crippen LogP contribution in [-0.2, 0) is 15.4 Å². The Bertz CT molecular complexity index is 1100. The molecular weight excluding hydrogens is 463 g/mol. The van der Waals surface area contributed by atoms with Gasteiger partial charge in [0.15, 0.2) is 0 Å². The fourth-order valence-electron chi connectivity index (χ4n) is 2.48. The van der Waals surface area contributed by atoms with Gasteiger partial charge in [0.2, 0.25) is 22.8 Å². The highest BCUT2D eigenvalue weighted by atomic mass is 35.5. The molecule has 0 amide bonds. The van der Waals surface area contributed by atoms with Crippen molar-refractivity contribution in [2.45, 2.75) is 24.8 Å². The molecule has 164 valence electrons. The molecule has 0 fully saturated rings. The molecule has 0 saturated carbocycles. The third kappa shape index (κ3) is 5.63. The van der Waals surface area contributed by atoms with Crippen LogP contribution < -0.4 is 20.7 Å². The van der Waals surface area contributed by atoms with Crippen LogP contribution in [0.2, 0.25) is 10.0 Å². The number of rotatable bonds is 8. The van der Waals surface area contributed by atoms with Gasteiger partial charge in [0.25, 0.3) is 5.88 Å². The maximum absolute atomic E-state index is 12.4. The third-order valence-corrected chi connectivity index (χ3v) is 5.98. The number of methoxy groups -OCH3 is 1. The average Bonchev–Trinajstić information content (AvgIpc) is 2.75. The molecule has 11 heteroatoms. The number of nitrogens with one attached hydrogen (secondary N) is 1. The van der Waals surface area contributed by atoms with Crippen LogP contribution in [0.25, 0.3) is 0 Å². The average molecular weight is 483 g/mol. The Morgan fingerprint density at radius 3 is 2.45 bits per heavy atom. The molecule has 3 aromatic rings. The third-order valence-electron chi connectivity index (χ3n) is 4.12. The van der Waals surface area contributed by atoms with E-state index in [0.29, 0.717) is 11.4 Å². The summed E-state index contributed by atoms with van der Waals surface area (Å²) < 4.78 is 28.7. The fraction of sp³-hybridized carbons (Fsp3) is 0.200. The van der Waals surface area contributed by atoms with Crippen molar-refractivity contribution in [3.63, 3.8) is 0 Å². The molecule has 0 saturated heterocycles. The molecule has 3 N–H and O–H groups in total. The summed E-state index contributed by atoms with van der Waals surface area (Å²) in [5, 5.41) is 0.400. The highest BCUT2D eigenvalue weighted by molar-refractivity contribution is 7.80. The minimum atomic E-state index is -1.96. The smallest absolute Gasteiger partial charge is 0.262 e. The van der Waals surface area contributed by atoms with Gasteiger partial charge in [-0.25, -0.2) is 14.7 Å². The van der Waals surface area contributed by atoms with Gasteiger partial charge in [-0.1, -0.05) is 41.4 Å². The molecule has 0 aliphatic heterocycles. The monoisotopic (exact) mass is 482 g/mol. The second-order valence-electron chi connectivity index (χ2n) is 6.40. The van der Waals surface area contributed by atoms with Crippen LogP contribution in [0.4, 0.5) is 5.82 Å². The van der Waals surface area contributed by atoms with Crippen molar-refractivity contribution in [2.24, 2.45) is 5.73 Å². The number of hydrogen-bond acceptors (Lipinski definition) is 8. The quantitative estimate of drug-likeness (QED) is 0.432. The summed E-state index contributed by atoms with van der Waals surface area (Å²) in [7, 11) is 1.41. The molecule has 2 atom stereocenters. The van der Waals surface area contributed by atoms with Crippen molar-refractivity contribution < 1.29 is 18.0 Å². The SMILES string of the molecule is COc1nc(Oc2ccc([C@@H](C)N)cc2)c(C)nc1NOS(=O)c1cccc(Cl)c1Cl. The van der Waals surface area contributed by atoms with E-state index in [-0.39, 0.29) is 38.6 Å². The van der Waals surface area contributed by atoms with Crippen molar-refractivity contribution in [3.05, 3.63) is 63.8 Å². The lowest BCUT2D eigenvalue weighted by molar-refractivity contribution is 0.369. The maximum Gasteiger partial charge on any atom is 0.262 e. The van der Waals surface area contributed by atoms with E-state index in [1.807, 2.05) is 19.1 Å². The van der Waals surface area contributed by atoms with Crippen LogP contribution in [-0.4, -0.2) is 21.3 Å². The second-order valence-corrected chi connectivity index (χ2v) is 8.26. The number of hydrogen-bond donors (Lipinski definition) is 2. The lowest BCUT2D eigenvalue weighted by atomic mass is 10.1. The first-order valence-electron chi connectivity index (χ1n) is 9.05. The molecule has 1 heterocycles. The van der Waals surface area contributed by atoms with E-state index in [0.717, 1.165) is 5.56 Å². The topological polar surface area (TPSA) is 109 Å². The van der Waals surface area contributed by atoms with Gasteiger partial charge in [-0.05, 0) is 43.7 Å². The van der Waals surface area contributed by atoms with Crippen molar-refractivity contribution in [3.8, 4) is 17.5 Å². The van der Waals surface area contributed by atoms with Crippen LogP contribution >= 0.6 is 23.2 Å². The summed E-state index contributed by atoms with van der Waals surface area (Å²) in [6.45, 7) is 3.60. The molecular formula is C20H20Cl2N4O4S. The number of aryl methyl sites for hydroxylation is 1. The predicted molar refractivity (Wildman–Crippen MR) is 120 cm³/mol. The van der Waals surface area contributed by atoms with Gasteiger partial charge in [0, 0.05) is 6.04 Å². The van der Waals surface area contributed by atoms with Crippen molar-refractivity contribution in [1.82, 2.24) is 9.97 Å². The number of anilines is 1. The van der Waals surface area contributed by atoms with Gasteiger partial charge in [-0.2, -0.15) is 9.27 Å². The van der Waals surface area contributed by atoms with E-state index in [4.69, 9.17) is 42.7 Å². The minimum Gasteiger partial charge on any atom is -0.478 e. The van der Waals surface area contributed by atoms with E-state index < -0.39 is 11.1 Å². The molecule has 2 aromatic carbocycles. The molecule has 0 bridgehead atoms. The van der Waals surface area contributed by atoms with Gasteiger partial charge >= 0.3 is 0 Å². The van der Waals surface area contributed by atoms with Gasteiger partial charge in [-0.3, -0.25) is 0 Å². The van der Waals surface area contributed by atoms with E-state index in [1.165, 1.54) is 13.2 Å². The van der Waals surface area contributed by atoms with Crippen LogP contribution in [0.1, 0.15) is 24.2 Å². The summed E-state index contributed by atoms with van der Waals surface area (Å²) in [5.41, 5.74) is 9.79. The molecule has 31 heavy (non-hydrogen) atoms. The number of aromatic nitrogens is 2. The number of ether oxygens (including phenoxy) is 2. The normalized spacial score (nSPS) is 12.8. The number of nitrogens with two attached hydrogens (primary N) is 1. The standard InChI is InChI=1S/C20H20Cl2N4O4S/c1-11(23)13-7-9-14(10-8-13)29-19-12(2)24-18(20(25-19)28-3)26-30-31(27)16-6-4-5-15(21)17(16)22/h4-11H,23H2,1-3H3,(H,24,26)/t11-,31?/m1/s1. The molecule has 8 nitrogen and oxygen atoms in total. The van der Waals surface area contributed by atoms with Crippen molar-refractivity contribution in [1.29, 1.82) is 0 Å². The van der Waals surface area contributed by atoms with Crippen molar-refractivity contribution in [2.75, 3.05) is 12.6 Å². The first-order valence-corrected chi connectivity index (χ1v) is 10.9. The van der Waals surface area contributed by atoms with Crippen LogP contribution in [0.15, 0.2) is 47.4 Å². The van der Waals surface area contributed by atoms with Crippen LogP contribution in [0.3, 0.4) is 0 Å². The van der Waals surface area contributed by atoms with E-state index in [2.05, 4.69) is 15.4 Å². The van der Waals surface area contributed by atoms with E-state index >= 15 is 0 Å². The molecule has 0 radical (unpaired) electrons. The maximum atomic E-state index is 12.4. The number of benzene rings is 2. The number of halogens is 2. The second kappa shape index (κ2) is 10.3. The lowest BCUT2D eigenvalue weighted by Gasteiger charge is -2.13. The van der Waals surface area contributed by atoms with Crippen LogP contribution in [0.5, 0.6) is 17.5 Å². The number of nitrogens with zero attached hydrogens (tertiary/aromatic N) is 2. The lowest BCUT2D eigenvalue weighted by Crippen LogP contribution is -2.10. The molecule has 3 rings (SSSR count). The Morgan fingerprint density at radius 2 is 1.81 bits per heavy atom. The minimum absolute atomic E-state index is 0.0756. The molecule has 0 aliphatic rings. The molecule has 0 aliphatic carbocycles. The summed E-state index contributed by atoms with van der Waals surface area (Å²) in [5.74, 6) is 1.01. The van der Waals surface area contributed by atoms with Crippen molar-refractivity contribution >= 4 is 40.1 Å². The Morgan fingerprint density at radius 1 is 1.10 bits per heavy atom. The predicted octanol–water partition coefficient (Wildman–Crippen LogP) is 4.98. The molecule has 1 unspecified atom stereocenters. The van der Waals surface area contributed by atoms with Gasteiger partial charge in [0.1, 0.15) is 11.4 Å². The Kier molecular flexibility index (Phi) is 7.69. The van der Waals surface area contributed by atoms with Crippen LogP contribution in [0, 0.1) is 6.92 Å². The van der Waals surface area contributed by atoms with Gasteiger partial charge < -0.3 is 15.2 Å². The Hall–Kier alpha value is -2.43. The van der Waals surface area contributed by atoms with Gasteiger partial charge in [0.05, 0.1) is 22.1 Å². The zero-order valence-electron chi connectivity index (χ0n) is 16.9. The first-order chi connectivity index (χ1) is 14.8. The molecule has 1 aromatic heterocycles. The highest BCUT2D eigenvalue weighted by Crippen LogP contribution is 2.31. The summed E-state index contributed by atoms with van der Waals surface area (Å²) in [6, 6.07) is 12.0. The Balaban J connectivity index is 1.76. The zero-order chi connectivity index (χ0) is 22.5. The highest BCUT2D eigenvalue weighted by Gasteiger charge is 2.17. The van der Waals surface area contributed by atoms with Gasteiger partial charge in [-0.15, -0.1) is 0 Å². The summed E-state index contributed by atoms with van der Waals surface area (Å²) in [6.07, 6.45) is 0. The molecule has 0 spiro atoms. The first kappa shape index (κ1) is 23.2. The van der Waals surface area contributed by atoms with E-state index in [9.17, 15) is 4.21 Å². The Labute approximate surface area is 192 Å². The zero-order valence-corrected chi connectivity index (χ0v) is 19.2. The summed E-state index contributed by atoms with van der Waals surface area (Å²) in [4.78, 5) is 8.84. The fourth-order valence-corrected chi connectivity index (χ4v) is 3.72. The summed E-state index contributed by atoms with van der Waals surface area (Å²) >= 11 is 10.1. The van der Waals surface area contributed by atoms with E-state index in [1.54, 1.807) is 31.2 Å².